The van der Waals surface area contributed by atoms with E-state index in [0.29, 0.717) is 28.2 Å². The van der Waals surface area contributed by atoms with Gasteiger partial charge in [-0.3, -0.25) is 9.69 Å². The van der Waals surface area contributed by atoms with Crippen LogP contribution in [0.3, 0.4) is 0 Å². The van der Waals surface area contributed by atoms with Crippen LogP contribution in [-0.2, 0) is 4.79 Å². The van der Waals surface area contributed by atoms with Crippen LogP contribution in [0.1, 0.15) is 19.8 Å². The van der Waals surface area contributed by atoms with Crippen molar-refractivity contribution >= 4 is 34.8 Å². The van der Waals surface area contributed by atoms with Gasteiger partial charge in [-0.15, -0.1) is 0 Å². The standard InChI is InChI=1S/C14H18Cl2N2O/c1-10-3-2-6-18(8-10)9-14(19)17-11-4-5-12(15)13(16)7-11/h4-5,7,10H,2-3,6,8-9H2,1H3,(H,17,19)/t10-/m1/s1. The van der Waals surface area contributed by atoms with Gasteiger partial charge in [-0.1, -0.05) is 30.1 Å². The summed E-state index contributed by atoms with van der Waals surface area (Å²) in [6.45, 7) is 4.65. The van der Waals surface area contributed by atoms with E-state index in [1.54, 1.807) is 18.2 Å². The van der Waals surface area contributed by atoms with Gasteiger partial charge in [0.05, 0.1) is 16.6 Å². The zero-order chi connectivity index (χ0) is 13.8. The number of benzene rings is 1. The van der Waals surface area contributed by atoms with Gasteiger partial charge in [0.25, 0.3) is 0 Å². The number of nitrogens with zero attached hydrogens (tertiary/aromatic N) is 1. The lowest BCUT2D eigenvalue weighted by atomic mass is 10.0. The van der Waals surface area contributed by atoms with Crippen molar-refractivity contribution in [3.05, 3.63) is 28.2 Å². The summed E-state index contributed by atoms with van der Waals surface area (Å²) in [6, 6.07) is 5.11. The second kappa shape index (κ2) is 6.60. The molecule has 0 radical (unpaired) electrons. The number of anilines is 1. The van der Waals surface area contributed by atoms with E-state index in [1.807, 2.05) is 0 Å². The van der Waals surface area contributed by atoms with E-state index in [1.165, 1.54) is 12.8 Å². The molecule has 5 heteroatoms. The van der Waals surface area contributed by atoms with E-state index in [-0.39, 0.29) is 5.91 Å². The molecule has 0 aromatic heterocycles. The summed E-state index contributed by atoms with van der Waals surface area (Å²) < 4.78 is 0. The quantitative estimate of drug-likeness (QED) is 0.924. The molecule has 1 aliphatic rings. The van der Waals surface area contributed by atoms with Crippen molar-refractivity contribution < 1.29 is 4.79 Å². The third-order valence-corrected chi connectivity index (χ3v) is 4.05. The van der Waals surface area contributed by atoms with Gasteiger partial charge in [-0.25, -0.2) is 0 Å². The van der Waals surface area contributed by atoms with Gasteiger partial charge < -0.3 is 5.32 Å². The normalized spacial score (nSPS) is 20.3. The minimum Gasteiger partial charge on any atom is -0.325 e. The van der Waals surface area contributed by atoms with Gasteiger partial charge in [0, 0.05) is 12.2 Å². The first-order valence-corrected chi connectivity index (χ1v) is 7.27. The summed E-state index contributed by atoms with van der Waals surface area (Å²) in [6.07, 6.45) is 2.42. The molecule has 0 saturated carbocycles. The van der Waals surface area contributed by atoms with E-state index in [9.17, 15) is 4.79 Å². The van der Waals surface area contributed by atoms with Crippen molar-refractivity contribution in [2.45, 2.75) is 19.8 Å². The Morgan fingerprint density at radius 2 is 2.21 bits per heavy atom. The highest BCUT2D eigenvalue weighted by molar-refractivity contribution is 6.42. The van der Waals surface area contributed by atoms with Gasteiger partial charge in [0.2, 0.25) is 5.91 Å². The fourth-order valence-electron chi connectivity index (χ4n) is 2.41. The summed E-state index contributed by atoms with van der Waals surface area (Å²) in [5.74, 6) is 0.666. The number of piperidine rings is 1. The van der Waals surface area contributed by atoms with E-state index in [2.05, 4.69) is 17.1 Å². The fraction of sp³-hybridized carbons (Fsp3) is 0.500. The van der Waals surface area contributed by atoms with Gasteiger partial charge >= 0.3 is 0 Å². The van der Waals surface area contributed by atoms with E-state index >= 15 is 0 Å². The number of amides is 1. The molecule has 1 atom stereocenters. The summed E-state index contributed by atoms with van der Waals surface area (Å²) >= 11 is 11.8. The van der Waals surface area contributed by atoms with Crippen molar-refractivity contribution in [2.24, 2.45) is 5.92 Å². The van der Waals surface area contributed by atoms with Crippen LogP contribution in [-0.4, -0.2) is 30.4 Å². The number of carbonyl (C=O) groups excluding carboxylic acids is 1. The molecule has 1 saturated heterocycles. The first-order valence-electron chi connectivity index (χ1n) is 6.52. The molecule has 1 fully saturated rings. The highest BCUT2D eigenvalue weighted by Gasteiger charge is 2.18. The van der Waals surface area contributed by atoms with Crippen LogP contribution in [0.5, 0.6) is 0 Å². The lowest BCUT2D eigenvalue weighted by Gasteiger charge is -2.30. The monoisotopic (exact) mass is 300 g/mol. The number of likely N-dealkylation sites (tertiary alicyclic amines) is 1. The minimum absolute atomic E-state index is 0.00695. The maximum atomic E-state index is 12.0. The number of rotatable bonds is 3. The highest BCUT2D eigenvalue weighted by atomic mass is 35.5. The second-order valence-electron chi connectivity index (χ2n) is 5.16. The topological polar surface area (TPSA) is 32.3 Å². The number of nitrogens with one attached hydrogen (secondary N) is 1. The predicted molar refractivity (Wildman–Crippen MR) is 79.9 cm³/mol. The van der Waals surface area contributed by atoms with Gasteiger partial charge in [0.15, 0.2) is 0 Å². The van der Waals surface area contributed by atoms with Crippen molar-refractivity contribution in [1.82, 2.24) is 4.90 Å². The molecule has 0 bridgehead atoms. The van der Waals surface area contributed by atoms with Crippen molar-refractivity contribution in [3.8, 4) is 0 Å². The van der Waals surface area contributed by atoms with E-state index < -0.39 is 0 Å². The largest absolute Gasteiger partial charge is 0.325 e. The molecular weight excluding hydrogens is 283 g/mol. The van der Waals surface area contributed by atoms with Crippen LogP contribution in [0, 0.1) is 5.92 Å². The molecule has 1 aromatic rings. The maximum Gasteiger partial charge on any atom is 0.238 e. The maximum absolute atomic E-state index is 12.0. The van der Waals surface area contributed by atoms with Gasteiger partial charge in [0.1, 0.15) is 0 Å². The van der Waals surface area contributed by atoms with Crippen LogP contribution in [0.25, 0.3) is 0 Å². The Morgan fingerprint density at radius 3 is 2.89 bits per heavy atom. The number of carbonyl (C=O) groups is 1. The smallest absolute Gasteiger partial charge is 0.238 e. The Morgan fingerprint density at radius 1 is 1.42 bits per heavy atom. The van der Waals surface area contributed by atoms with Crippen LogP contribution in [0.2, 0.25) is 10.0 Å². The Hall–Kier alpha value is -0.770. The van der Waals surface area contributed by atoms with Gasteiger partial charge in [-0.05, 0) is 43.5 Å². The van der Waals surface area contributed by atoms with Crippen molar-refractivity contribution in [1.29, 1.82) is 0 Å². The van der Waals surface area contributed by atoms with E-state index in [0.717, 1.165) is 13.1 Å². The number of hydrogen-bond acceptors (Lipinski definition) is 2. The lowest BCUT2D eigenvalue weighted by molar-refractivity contribution is -0.117. The molecule has 1 N–H and O–H groups in total. The second-order valence-corrected chi connectivity index (χ2v) is 5.97. The number of hydrogen-bond donors (Lipinski definition) is 1. The highest BCUT2D eigenvalue weighted by Crippen LogP contribution is 2.25. The first-order chi connectivity index (χ1) is 9.04. The zero-order valence-electron chi connectivity index (χ0n) is 11.0. The molecule has 1 aliphatic heterocycles. The Labute approximate surface area is 123 Å². The molecule has 0 aliphatic carbocycles. The van der Waals surface area contributed by atoms with Crippen LogP contribution >= 0.6 is 23.2 Å². The Kier molecular flexibility index (Phi) is 5.08. The fourth-order valence-corrected chi connectivity index (χ4v) is 2.71. The molecule has 0 spiro atoms. The lowest BCUT2D eigenvalue weighted by Crippen LogP contribution is -2.39. The third-order valence-electron chi connectivity index (χ3n) is 3.31. The number of halogens is 2. The summed E-state index contributed by atoms with van der Waals surface area (Å²) in [4.78, 5) is 14.2. The predicted octanol–water partition coefficient (Wildman–Crippen LogP) is 3.66. The molecule has 3 nitrogen and oxygen atoms in total. The summed E-state index contributed by atoms with van der Waals surface area (Å²) in [7, 11) is 0. The molecule has 104 valence electrons. The third kappa shape index (κ3) is 4.37. The van der Waals surface area contributed by atoms with Crippen LogP contribution < -0.4 is 5.32 Å². The summed E-state index contributed by atoms with van der Waals surface area (Å²) in [5, 5.41) is 3.79. The molecule has 1 amide bonds. The average molecular weight is 301 g/mol. The molecule has 1 heterocycles. The molecule has 1 aromatic carbocycles. The molecular formula is C14H18Cl2N2O. The zero-order valence-corrected chi connectivity index (χ0v) is 12.5. The van der Waals surface area contributed by atoms with Crippen LogP contribution in [0.4, 0.5) is 5.69 Å². The minimum atomic E-state index is -0.00695. The average Bonchev–Trinajstić information content (AvgIpc) is 2.34. The SMILES string of the molecule is C[C@@H]1CCCN(CC(=O)Nc2ccc(Cl)c(Cl)c2)C1. The molecule has 19 heavy (non-hydrogen) atoms. The molecule has 2 rings (SSSR count). The first kappa shape index (κ1) is 14.6. The van der Waals surface area contributed by atoms with Crippen LogP contribution in [0.15, 0.2) is 18.2 Å². The summed E-state index contributed by atoms with van der Waals surface area (Å²) in [5.41, 5.74) is 0.685. The van der Waals surface area contributed by atoms with Crippen molar-refractivity contribution in [3.63, 3.8) is 0 Å². The van der Waals surface area contributed by atoms with Gasteiger partial charge in [-0.2, -0.15) is 0 Å². The van der Waals surface area contributed by atoms with E-state index in [4.69, 9.17) is 23.2 Å². The van der Waals surface area contributed by atoms with Crippen molar-refractivity contribution in [2.75, 3.05) is 25.0 Å². The Bertz CT molecular complexity index is 465. The molecule has 0 unspecified atom stereocenters. The Balaban J connectivity index is 1.88.